The lowest BCUT2D eigenvalue weighted by Gasteiger charge is -2.35. The Labute approximate surface area is 105 Å². The highest BCUT2D eigenvalue weighted by Gasteiger charge is 2.32. The average Bonchev–Trinajstić information content (AvgIpc) is 2.38. The molecule has 2 saturated heterocycles. The van der Waals surface area contributed by atoms with E-state index < -0.39 is 6.03 Å². The molecule has 0 spiro atoms. The van der Waals surface area contributed by atoms with E-state index in [1.807, 2.05) is 0 Å². The lowest BCUT2D eigenvalue weighted by molar-refractivity contribution is -0.142. The fraction of sp³-hybridized carbons (Fsp3) is 0.727. The van der Waals surface area contributed by atoms with Crippen molar-refractivity contribution in [2.75, 3.05) is 32.7 Å². The zero-order chi connectivity index (χ0) is 13.1. The second-order valence-electron chi connectivity index (χ2n) is 4.73. The van der Waals surface area contributed by atoms with Crippen LogP contribution >= 0.6 is 0 Å². The Balaban J connectivity index is 1.95. The van der Waals surface area contributed by atoms with Crippen molar-refractivity contribution in [3.63, 3.8) is 0 Å². The predicted molar refractivity (Wildman–Crippen MR) is 63.5 cm³/mol. The molecular formula is C11H18N4O3. The molecule has 1 atom stereocenters. The van der Waals surface area contributed by atoms with Crippen LogP contribution in [0.5, 0.6) is 0 Å². The van der Waals surface area contributed by atoms with Crippen molar-refractivity contribution in [3.8, 4) is 0 Å². The van der Waals surface area contributed by atoms with Crippen molar-refractivity contribution in [2.24, 2.45) is 11.7 Å². The summed E-state index contributed by atoms with van der Waals surface area (Å²) in [5, 5.41) is 2.68. The highest BCUT2D eigenvalue weighted by molar-refractivity contribution is 5.87. The summed E-state index contributed by atoms with van der Waals surface area (Å²) in [4.78, 5) is 37.6. The smallest absolute Gasteiger partial charge is 0.314 e. The molecule has 2 aliphatic rings. The highest BCUT2D eigenvalue weighted by Crippen LogP contribution is 2.19. The molecule has 7 heteroatoms. The summed E-state index contributed by atoms with van der Waals surface area (Å²) >= 11 is 0. The van der Waals surface area contributed by atoms with E-state index in [1.165, 1.54) is 4.90 Å². The molecule has 2 heterocycles. The summed E-state index contributed by atoms with van der Waals surface area (Å²) < 4.78 is 0. The quantitative estimate of drug-likeness (QED) is 0.611. The second kappa shape index (κ2) is 5.24. The number of hydrogen-bond acceptors (Lipinski definition) is 3. The molecule has 4 amide bonds. The number of rotatable bonds is 1. The molecule has 0 saturated carbocycles. The van der Waals surface area contributed by atoms with Gasteiger partial charge in [0.15, 0.2) is 0 Å². The molecule has 1 unspecified atom stereocenters. The molecule has 0 aromatic rings. The molecule has 0 aromatic carbocycles. The highest BCUT2D eigenvalue weighted by atomic mass is 16.2. The molecule has 3 N–H and O–H groups in total. The van der Waals surface area contributed by atoms with E-state index in [1.54, 1.807) is 4.90 Å². The summed E-state index contributed by atoms with van der Waals surface area (Å²) in [5.41, 5.74) is 5.23. The first-order valence-corrected chi connectivity index (χ1v) is 6.18. The third-order valence-electron chi connectivity index (χ3n) is 3.43. The van der Waals surface area contributed by atoms with Gasteiger partial charge in [0.1, 0.15) is 0 Å². The van der Waals surface area contributed by atoms with Crippen LogP contribution in [0.3, 0.4) is 0 Å². The molecular weight excluding hydrogens is 236 g/mol. The van der Waals surface area contributed by atoms with Crippen LogP contribution in [0.25, 0.3) is 0 Å². The predicted octanol–water partition coefficient (Wildman–Crippen LogP) is -1.26. The van der Waals surface area contributed by atoms with Gasteiger partial charge in [-0.05, 0) is 12.8 Å². The van der Waals surface area contributed by atoms with Crippen LogP contribution in [0.4, 0.5) is 4.79 Å². The Hall–Kier alpha value is -1.79. The number of likely N-dealkylation sites (tertiary alicyclic amines) is 1. The van der Waals surface area contributed by atoms with E-state index in [4.69, 9.17) is 5.73 Å². The number of nitrogens with zero attached hydrogens (tertiary/aromatic N) is 2. The lowest BCUT2D eigenvalue weighted by atomic mass is 9.96. The first-order chi connectivity index (χ1) is 8.58. The Kier molecular flexibility index (Phi) is 3.69. The van der Waals surface area contributed by atoms with Crippen molar-refractivity contribution in [1.29, 1.82) is 0 Å². The van der Waals surface area contributed by atoms with Crippen molar-refractivity contribution >= 4 is 17.8 Å². The summed E-state index contributed by atoms with van der Waals surface area (Å²) in [6.07, 6.45) is 1.53. The van der Waals surface area contributed by atoms with E-state index in [0.29, 0.717) is 26.2 Å². The SMILES string of the molecule is NC(=O)N1CCCC(C(=O)N2CCNC(=O)C2)C1. The molecule has 2 fully saturated rings. The maximum absolute atomic E-state index is 12.2. The maximum atomic E-state index is 12.2. The largest absolute Gasteiger partial charge is 0.353 e. The van der Waals surface area contributed by atoms with E-state index in [-0.39, 0.29) is 24.3 Å². The van der Waals surface area contributed by atoms with Crippen LogP contribution in [0.2, 0.25) is 0 Å². The first-order valence-electron chi connectivity index (χ1n) is 6.18. The van der Waals surface area contributed by atoms with Gasteiger partial charge in [-0.1, -0.05) is 0 Å². The summed E-state index contributed by atoms with van der Waals surface area (Å²) in [6, 6.07) is -0.483. The zero-order valence-electron chi connectivity index (χ0n) is 10.2. The second-order valence-corrected chi connectivity index (χ2v) is 4.73. The number of piperidine rings is 1. The zero-order valence-corrected chi connectivity index (χ0v) is 10.2. The maximum Gasteiger partial charge on any atom is 0.314 e. The Bertz CT molecular complexity index is 371. The number of hydrogen-bond donors (Lipinski definition) is 2. The van der Waals surface area contributed by atoms with Crippen LogP contribution in [0.1, 0.15) is 12.8 Å². The monoisotopic (exact) mass is 254 g/mol. The van der Waals surface area contributed by atoms with Gasteiger partial charge in [0.2, 0.25) is 11.8 Å². The van der Waals surface area contributed by atoms with E-state index in [0.717, 1.165) is 12.8 Å². The van der Waals surface area contributed by atoms with Gasteiger partial charge in [-0.15, -0.1) is 0 Å². The molecule has 18 heavy (non-hydrogen) atoms. The normalized spacial score (nSPS) is 24.7. The first kappa shape index (κ1) is 12.7. The van der Waals surface area contributed by atoms with Gasteiger partial charge in [-0.2, -0.15) is 0 Å². The van der Waals surface area contributed by atoms with Crippen molar-refractivity contribution in [3.05, 3.63) is 0 Å². The van der Waals surface area contributed by atoms with E-state index in [9.17, 15) is 14.4 Å². The molecule has 2 rings (SSSR count). The number of urea groups is 1. The summed E-state index contributed by atoms with van der Waals surface area (Å²) in [6.45, 7) is 2.13. The summed E-state index contributed by atoms with van der Waals surface area (Å²) in [7, 11) is 0. The van der Waals surface area contributed by atoms with Crippen molar-refractivity contribution < 1.29 is 14.4 Å². The lowest BCUT2D eigenvalue weighted by Crippen LogP contribution is -2.54. The molecule has 0 radical (unpaired) electrons. The number of primary amides is 1. The van der Waals surface area contributed by atoms with Gasteiger partial charge in [0, 0.05) is 26.2 Å². The number of amides is 4. The van der Waals surface area contributed by atoms with E-state index >= 15 is 0 Å². The third-order valence-corrected chi connectivity index (χ3v) is 3.43. The molecule has 0 bridgehead atoms. The van der Waals surface area contributed by atoms with Gasteiger partial charge in [0.25, 0.3) is 0 Å². The van der Waals surface area contributed by atoms with Gasteiger partial charge < -0.3 is 20.9 Å². The van der Waals surface area contributed by atoms with Crippen LogP contribution in [-0.2, 0) is 9.59 Å². The minimum absolute atomic E-state index is 0.0456. The van der Waals surface area contributed by atoms with Crippen LogP contribution in [0, 0.1) is 5.92 Å². The minimum Gasteiger partial charge on any atom is -0.353 e. The molecule has 7 nitrogen and oxygen atoms in total. The molecule has 0 aromatic heterocycles. The van der Waals surface area contributed by atoms with Crippen LogP contribution in [-0.4, -0.2) is 60.4 Å². The average molecular weight is 254 g/mol. The van der Waals surface area contributed by atoms with Gasteiger partial charge in [0.05, 0.1) is 12.5 Å². The molecule has 0 aliphatic carbocycles. The Morgan fingerprint density at radius 1 is 1.28 bits per heavy atom. The molecule has 2 aliphatic heterocycles. The number of nitrogens with two attached hydrogens (primary N) is 1. The van der Waals surface area contributed by atoms with Crippen molar-refractivity contribution in [1.82, 2.24) is 15.1 Å². The Morgan fingerprint density at radius 3 is 2.72 bits per heavy atom. The third kappa shape index (κ3) is 2.72. The standard InChI is InChI=1S/C11H18N4O3/c12-11(18)15-4-1-2-8(6-15)10(17)14-5-3-13-9(16)7-14/h8H,1-7H2,(H2,12,18)(H,13,16). The van der Waals surface area contributed by atoms with Crippen LogP contribution in [0.15, 0.2) is 0 Å². The number of nitrogens with one attached hydrogen (secondary N) is 1. The van der Waals surface area contributed by atoms with Gasteiger partial charge in [-0.25, -0.2) is 4.79 Å². The Morgan fingerprint density at radius 2 is 2.06 bits per heavy atom. The fourth-order valence-electron chi connectivity index (χ4n) is 2.46. The number of carbonyl (C=O) groups excluding carboxylic acids is 3. The van der Waals surface area contributed by atoms with Gasteiger partial charge >= 0.3 is 6.03 Å². The fourth-order valence-corrected chi connectivity index (χ4v) is 2.46. The minimum atomic E-state index is -0.483. The van der Waals surface area contributed by atoms with E-state index in [2.05, 4.69) is 5.32 Å². The number of carbonyl (C=O) groups is 3. The molecule has 100 valence electrons. The number of piperazine rings is 1. The topological polar surface area (TPSA) is 95.7 Å². The van der Waals surface area contributed by atoms with Gasteiger partial charge in [-0.3, -0.25) is 9.59 Å². The summed E-state index contributed by atoms with van der Waals surface area (Å²) in [5.74, 6) is -0.398. The van der Waals surface area contributed by atoms with Crippen LogP contribution < -0.4 is 11.1 Å². The van der Waals surface area contributed by atoms with Crippen molar-refractivity contribution in [2.45, 2.75) is 12.8 Å².